The van der Waals surface area contributed by atoms with Crippen LogP contribution in [-0.4, -0.2) is 31.4 Å². The van der Waals surface area contributed by atoms with Gasteiger partial charge in [0.1, 0.15) is 0 Å². The summed E-state index contributed by atoms with van der Waals surface area (Å²) in [5, 5.41) is 17.6. The zero-order valence-corrected chi connectivity index (χ0v) is 14.8. The fourth-order valence-electron chi connectivity index (χ4n) is 2.76. The second kappa shape index (κ2) is 7.92. The highest BCUT2D eigenvalue weighted by molar-refractivity contribution is 8.00. The zero-order valence-electron chi connectivity index (χ0n) is 13.1. The lowest BCUT2D eigenvalue weighted by Crippen LogP contribution is -2.30. The Balaban J connectivity index is 1.56. The molecule has 0 bridgehead atoms. The summed E-state index contributed by atoms with van der Waals surface area (Å²) in [6.07, 6.45) is 5.99. The zero-order chi connectivity index (χ0) is 16.1. The molecule has 0 aromatic carbocycles. The molecule has 1 unspecified atom stereocenters. The summed E-state index contributed by atoms with van der Waals surface area (Å²) >= 11 is 3.08. The van der Waals surface area contributed by atoms with Crippen LogP contribution in [0.4, 0.5) is 0 Å². The van der Waals surface area contributed by atoms with Gasteiger partial charge < -0.3 is 5.32 Å². The van der Waals surface area contributed by atoms with Crippen LogP contribution in [-0.2, 0) is 11.3 Å². The molecule has 0 spiro atoms. The number of tetrazole rings is 1. The van der Waals surface area contributed by atoms with Gasteiger partial charge in [0.2, 0.25) is 11.1 Å². The van der Waals surface area contributed by atoms with Gasteiger partial charge in [-0.3, -0.25) is 4.79 Å². The molecule has 2 aromatic heterocycles. The molecule has 23 heavy (non-hydrogen) atoms. The second-order valence-electron chi connectivity index (χ2n) is 5.76. The number of hydrogen-bond acceptors (Lipinski definition) is 6. The first-order valence-electron chi connectivity index (χ1n) is 7.98. The summed E-state index contributed by atoms with van der Waals surface area (Å²) in [6.45, 7) is 2.48. The maximum Gasteiger partial charge on any atom is 0.233 e. The average molecular weight is 352 g/mol. The van der Waals surface area contributed by atoms with Gasteiger partial charge in [0.15, 0.2) is 0 Å². The highest BCUT2D eigenvalue weighted by Crippen LogP contribution is 2.31. The van der Waals surface area contributed by atoms with Gasteiger partial charge in [0, 0.05) is 4.88 Å². The fraction of sp³-hybridized carbons (Fsp3) is 0.600. The summed E-state index contributed by atoms with van der Waals surface area (Å²) in [4.78, 5) is 13.4. The molecule has 1 aliphatic rings. The van der Waals surface area contributed by atoms with Crippen molar-refractivity contribution in [3.05, 3.63) is 22.4 Å². The van der Waals surface area contributed by atoms with Crippen LogP contribution in [0.2, 0.25) is 0 Å². The number of nitrogens with one attached hydrogen (secondary N) is 1. The lowest BCUT2D eigenvalue weighted by Gasteiger charge is -2.22. The first-order valence-corrected chi connectivity index (χ1v) is 9.74. The standard InChI is InChI=1S/C15H21N5OS2/c1-11(14(21)16-10-13-8-5-9-22-13)23-15-17-18-19-20(15)12-6-3-2-4-7-12/h5,8-9,11-12H,2-4,6-7,10H2,1H3,(H,16,21). The Labute approximate surface area is 144 Å². The quantitative estimate of drug-likeness (QED) is 0.810. The third kappa shape index (κ3) is 4.32. The molecule has 2 heterocycles. The number of carbonyl (C=O) groups excluding carboxylic acids is 1. The van der Waals surface area contributed by atoms with Crippen molar-refractivity contribution in [1.29, 1.82) is 0 Å². The minimum atomic E-state index is -0.219. The molecule has 124 valence electrons. The van der Waals surface area contributed by atoms with E-state index in [9.17, 15) is 4.79 Å². The van der Waals surface area contributed by atoms with E-state index in [0.717, 1.165) is 22.9 Å². The van der Waals surface area contributed by atoms with Gasteiger partial charge in [-0.2, -0.15) is 0 Å². The van der Waals surface area contributed by atoms with E-state index in [1.54, 1.807) is 11.3 Å². The molecular weight excluding hydrogens is 330 g/mol. The van der Waals surface area contributed by atoms with Crippen LogP contribution in [0.15, 0.2) is 22.7 Å². The number of aromatic nitrogens is 4. The second-order valence-corrected chi connectivity index (χ2v) is 8.10. The summed E-state index contributed by atoms with van der Waals surface area (Å²) in [6, 6.07) is 4.39. The van der Waals surface area contributed by atoms with Crippen LogP contribution in [0.25, 0.3) is 0 Å². The molecule has 1 aliphatic carbocycles. The van der Waals surface area contributed by atoms with Crippen LogP contribution in [0.1, 0.15) is 49.9 Å². The predicted octanol–water partition coefficient (Wildman–Crippen LogP) is 3.04. The normalized spacial score (nSPS) is 17.1. The van der Waals surface area contributed by atoms with Gasteiger partial charge in [0.25, 0.3) is 0 Å². The lowest BCUT2D eigenvalue weighted by atomic mass is 9.96. The Kier molecular flexibility index (Phi) is 5.66. The monoisotopic (exact) mass is 351 g/mol. The Hall–Kier alpha value is -1.41. The number of thioether (sulfide) groups is 1. The number of hydrogen-bond donors (Lipinski definition) is 1. The molecule has 1 atom stereocenters. The molecule has 0 aliphatic heterocycles. The van der Waals surface area contributed by atoms with Gasteiger partial charge >= 0.3 is 0 Å². The largest absolute Gasteiger partial charge is 0.350 e. The highest BCUT2D eigenvalue weighted by Gasteiger charge is 2.23. The van der Waals surface area contributed by atoms with E-state index < -0.39 is 0 Å². The average Bonchev–Trinajstić information content (AvgIpc) is 3.25. The van der Waals surface area contributed by atoms with Gasteiger partial charge in [-0.25, -0.2) is 4.68 Å². The number of amides is 1. The van der Waals surface area contributed by atoms with Gasteiger partial charge in [-0.15, -0.1) is 16.4 Å². The van der Waals surface area contributed by atoms with E-state index in [2.05, 4.69) is 20.8 Å². The Bertz CT molecular complexity index is 622. The van der Waals surface area contributed by atoms with Crippen molar-refractivity contribution in [2.45, 2.75) is 62.0 Å². The van der Waals surface area contributed by atoms with E-state index in [0.29, 0.717) is 12.6 Å². The number of carbonyl (C=O) groups is 1. The number of nitrogens with zero attached hydrogens (tertiary/aromatic N) is 4. The van der Waals surface area contributed by atoms with Crippen molar-refractivity contribution in [3.8, 4) is 0 Å². The van der Waals surface area contributed by atoms with E-state index >= 15 is 0 Å². The number of rotatable bonds is 6. The molecule has 1 amide bonds. The molecule has 0 saturated heterocycles. The summed E-state index contributed by atoms with van der Waals surface area (Å²) in [5.74, 6) is 0.0154. The molecule has 1 saturated carbocycles. The minimum Gasteiger partial charge on any atom is -0.350 e. The summed E-state index contributed by atoms with van der Waals surface area (Å²) < 4.78 is 1.91. The molecule has 8 heteroatoms. The Morgan fingerprint density at radius 3 is 3.04 bits per heavy atom. The molecule has 2 aromatic rings. The fourth-order valence-corrected chi connectivity index (χ4v) is 4.29. The van der Waals surface area contributed by atoms with Gasteiger partial charge in [0.05, 0.1) is 17.8 Å². The summed E-state index contributed by atoms with van der Waals surface area (Å²) in [5.41, 5.74) is 0. The van der Waals surface area contributed by atoms with Crippen LogP contribution >= 0.6 is 23.1 Å². The molecule has 1 N–H and O–H groups in total. The third-order valence-corrected chi connectivity index (χ3v) is 5.98. The van der Waals surface area contributed by atoms with Gasteiger partial charge in [-0.1, -0.05) is 37.1 Å². The third-order valence-electron chi connectivity index (χ3n) is 4.05. The van der Waals surface area contributed by atoms with E-state index in [1.807, 2.05) is 29.1 Å². The topological polar surface area (TPSA) is 72.7 Å². The minimum absolute atomic E-state index is 0.0154. The molecular formula is C15H21N5OS2. The molecule has 3 rings (SSSR count). The van der Waals surface area contributed by atoms with Crippen molar-refractivity contribution < 1.29 is 4.79 Å². The van der Waals surface area contributed by atoms with E-state index in [-0.39, 0.29) is 11.2 Å². The smallest absolute Gasteiger partial charge is 0.233 e. The Morgan fingerprint density at radius 1 is 1.48 bits per heavy atom. The maximum atomic E-state index is 12.2. The van der Waals surface area contributed by atoms with Crippen LogP contribution in [0.5, 0.6) is 0 Å². The van der Waals surface area contributed by atoms with Gasteiger partial charge in [-0.05, 0) is 41.6 Å². The van der Waals surface area contributed by atoms with Crippen molar-refractivity contribution in [3.63, 3.8) is 0 Å². The first-order chi connectivity index (χ1) is 11.2. The van der Waals surface area contributed by atoms with Crippen LogP contribution in [0, 0.1) is 0 Å². The number of thiophene rings is 1. The molecule has 0 radical (unpaired) electrons. The van der Waals surface area contributed by atoms with Crippen molar-refractivity contribution in [2.75, 3.05) is 0 Å². The summed E-state index contributed by atoms with van der Waals surface area (Å²) in [7, 11) is 0. The first kappa shape index (κ1) is 16.4. The highest BCUT2D eigenvalue weighted by atomic mass is 32.2. The molecule has 1 fully saturated rings. The SMILES string of the molecule is CC(Sc1nnnn1C1CCCCC1)C(=O)NCc1cccs1. The van der Waals surface area contributed by atoms with Crippen molar-refractivity contribution in [1.82, 2.24) is 25.5 Å². The van der Waals surface area contributed by atoms with Crippen LogP contribution < -0.4 is 5.32 Å². The molecule has 6 nitrogen and oxygen atoms in total. The maximum absolute atomic E-state index is 12.2. The van der Waals surface area contributed by atoms with E-state index in [1.165, 1.54) is 31.0 Å². The predicted molar refractivity (Wildman–Crippen MR) is 91.4 cm³/mol. The van der Waals surface area contributed by atoms with E-state index in [4.69, 9.17) is 0 Å². The van der Waals surface area contributed by atoms with Crippen LogP contribution in [0.3, 0.4) is 0 Å². The van der Waals surface area contributed by atoms with Crippen molar-refractivity contribution >= 4 is 29.0 Å². The van der Waals surface area contributed by atoms with Crippen molar-refractivity contribution in [2.24, 2.45) is 0 Å². The lowest BCUT2D eigenvalue weighted by molar-refractivity contribution is -0.120. The Morgan fingerprint density at radius 2 is 2.30 bits per heavy atom.